The number of Topliss-reactive ketones (excluding diaryl/α,β-unsaturated/α-hetero) is 1. The molecule has 1 atom stereocenters. The maximum atomic E-state index is 11.7. The predicted octanol–water partition coefficient (Wildman–Crippen LogP) is 0.240. The highest BCUT2D eigenvalue weighted by atomic mass is 16.5. The number of esters is 1. The van der Waals surface area contributed by atoms with Gasteiger partial charge >= 0.3 is 5.97 Å². The molecule has 96 valence electrons. The van der Waals surface area contributed by atoms with E-state index in [4.69, 9.17) is 10.5 Å². The van der Waals surface area contributed by atoms with E-state index in [0.717, 1.165) is 0 Å². The highest BCUT2D eigenvalue weighted by Crippen LogP contribution is 2.17. The molecule has 1 unspecified atom stereocenters. The molecule has 0 aromatic carbocycles. The Hall–Kier alpha value is -1.93. The van der Waals surface area contributed by atoms with E-state index in [1.807, 2.05) is 0 Å². The van der Waals surface area contributed by atoms with E-state index in [1.165, 1.54) is 6.21 Å². The number of aliphatic imine (C=N–C) groups is 1. The van der Waals surface area contributed by atoms with Gasteiger partial charge in [-0.15, -0.1) is 0 Å². The fourth-order valence-corrected chi connectivity index (χ4v) is 1.45. The van der Waals surface area contributed by atoms with Crippen molar-refractivity contribution in [1.82, 2.24) is 0 Å². The zero-order chi connectivity index (χ0) is 13.4. The van der Waals surface area contributed by atoms with Gasteiger partial charge in [-0.2, -0.15) is 0 Å². The van der Waals surface area contributed by atoms with Gasteiger partial charge in [0.2, 0.25) is 0 Å². The van der Waals surface area contributed by atoms with Crippen LogP contribution in [0.5, 0.6) is 0 Å². The third-order valence-corrected chi connectivity index (χ3v) is 2.35. The van der Waals surface area contributed by atoms with Crippen LogP contribution in [0.15, 0.2) is 17.1 Å². The van der Waals surface area contributed by atoms with Gasteiger partial charge in [-0.25, -0.2) is 0 Å². The van der Waals surface area contributed by atoms with Crippen LogP contribution in [0.2, 0.25) is 0 Å². The number of carbonyl (C=O) groups excluding carboxylic acids is 2. The number of ether oxygens (including phenoxy) is 1. The van der Waals surface area contributed by atoms with E-state index in [9.17, 15) is 9.59 Å². The monoisotopic (exact) mass is 248 g/mol. The minimum atomic E-state index is -1.15. The molecular formula is C13H16N2O3. The molecule has 1 rings (SSSR count). The Morgan fingerprint density at radius 3 is 2.83 bits per heavy atom. The SMILES string of the molecule is CCOC(=O)CCC#CC1(C(=O)CN)C=CC=N1. The normalized spacial score (nSPS) is 20.3. The molecule has 1 heterocycles. The summed E-state index contributed by atoms with van der Waals surface area (Å²) in [4.78, 5) is 26.8. The lowest BCUT2D eigenvalue weighted by molar-refractivity contribution is -0.142. The largest absolute Gasteiger partial charge is 0.466 e. The van der Waals surface area contributed by atoms with Crippen molar-refractivity contribution >= 4 is 18.0 Å². The maximum absolute atomic E-state index is 11.7. The van der Waals surface area contributed by atoms with Crippen molar-refractivity contribution in [2.75, 3.05) is 13.2 Å². The summed E-state index contributed by atoms with van der Waals surface area (Å²) in [5.41, 5.74) is 4.18. The molecule has 0 amide bonds. The zero-order valence-corrected chi connectivity index (χ0v) is 10.3. The Morgan fingerprint density at radius 1 is 1.50 bits per heavy atom. The van der Waals surface area contributed by atoms with Gasteiger partial charge in [0.25, 0.3) is 0 Å². The first-order chi connectivity index (χ1) is 8.64. The molecule has 0 fully saturated rings. The third kappa shape index (κ3) is 3.54. The fourth-order valence-electron chi connectivity index (χ4n) is 1.45. The maximum Gasteiger partial charge on any atom is 0.306 e. The summed E-state index contributed by atoms with van der Waals surface area (Å²) in [6.45, 7) is 1.99. The predicted molar refractivity (Wildman–Crippen MR) is 68.1 cm³/mol. The first kappa shape index (κ1) is 14.1. The zero-order valence-electron chi connectivity index (χ0n) is 10.3. The van der Waals surface area contributed by atoms with Crippen molar-refractivity contribution in [3.63, 3.8) is 0 Å². The average Bonchev–Trinajstić information content (AvgIpc) is 2.84. The van der Waals surface area contributed by atoms with Gasteiger partial charge in [-0.1, -0.05) is 11.8 Å². The number of hydrogen-bond acceptors (Lipinski definition) is 5. The number of allylic oxidation sites excluding steroid dienone is 1. The number of ketones is 1. The van der Waals surface area contributed by atoms with Crippen LogP contribution in [0.25, 0.3) is 0 Å². The highest BCUT2D eigenvalue weighted by molar-refractivity contribution is 6.00. The van der Waals surface area contributed by atoms with Crippen LogP contribution in [-0.4, -0.2) is 36.7 Å². The second-order valence-corrected chi connectivity index (χ2v) is 3.64. The molecule has 1 aliphatic heterocycles. The molecule has 0 spiro atoms. The molecule has 0 saturated heterocycles. The van der Waals surface area contributed by atoms with E-state index in [2.05, 4.69) is 16.8 Å². The quantitative estimate of drug-likeness (QED) is 0.558. The Balaban J connectivity index is 2.59. The fraction of sp³-hybridized carbons (Fsp3) is 0.462. The van der Waals surface area contributed by atoms with E-state index in [-0.39, 0.29) is 24.7 Å². The number of carbonyl (C=O) groups is 2. The number of hydrogen-bond donors (Lipinski definition) is 1. The lowest BCUT2D eigenvalue weighted by Crippen LogP contribution is -2.36. The van der Waals surface area contributed by atoms with Crippen LogP contribution in [0.3, 0.4) is 0 Å². The second kappa shape index (κ2) is 6.72. The van der Waals surface area contributed by atoms with Crippen molar-refractivity contribution in [2.24, 2.45) is 10.7 Å². The molecular weight excluding hydrogens is 232 g/mol. The molecule has 2 N–H and O–H groups in total. The van der Waals surface area contributed by atoms with E-state index >= 15 is 0 Å². The summed E-state index contributed by atoms with van der Waals surface area (Å²) in [6, 6.07) is 0. The second-order valence-electron chi connectivity index (χ2n) is 3.64. The van der Waals surface area contributed by atoms with Gasteiger partial charge in [0.15, 0.2) is 11.3 Å². The van der Waals surface area contributed by atoms with Crippen molar-refractivity contribution in [3.8, 4) is 11.8 Å². The molecule has 0 radical (unpaired) electrons. The summed E-state index contributed by atoms with van der Waals surface area (Å²) in [6.07, 6.45) is 5.34. The molecule has 0 aromatic heterocycles. The first-order valence-electron chi connectivity index (χ1n) is 5.76. The smallest absolute Gasteiger partial charge is 0.306 e. The van der Waals surface area contributed by atoms with Crippen molar-refractivity contribution in [3.05, 3.63) is 12.2 Å². The summed E-state index contributed by atoms with van der Waals surface area (Å²) in [7, 11) is 0. The van der Waals surface area contributed by atoms with Crippen molar-refractivity contribution in [1.29, 1.82) is 0 Å². The Morgan fingerprint density at radius 2 is 2.28 bits per heavy atom. The summed E-state index contributed by atoms with van der Waals surface area (Å²) < 4.78 is 4.77. The third-order valence-electron chi connectivity index (χ3n) is 2.35. The van der Waals surface area contributed by atoms with Gasteiger partial charge in [-0.05, 0) is 19.1 Å². The van der Waals surface area contributed by atoms with E-state index in [1.54, 1.807) is 19.1 Å². The standard InChI is InChI=1S/C13H16N2O3/c1-2-18-12(17)6-3-4-7-13(11(16)10-14)8-5-9-15-13/h5,8-9H,2-3,6,10,14H2,1H3. The minimum absolute atomic E-state index is 0.117. The Labute approximate surface area is 106 Å². The molecule has 0 aliphatic carbocycles. The topological polar surface area (TPSA) is 81.8 Å². The summed E-state index contributed by atoms with van der Waals surface area (Å²) >= 11 is 0. The summed E-state index contributed by atoms with van der Waals surface area (Å²) in [5, 5.41) is 0. The van der Waals surface area contributed by atoms with Gasteiger partial charge in [-0.3, -0.25) is 14.6 Å². The van der Waals surface area contributed by atoms with Gasteiger partial charge in [0.1, 0.15) is 0 Å². The van der Waals surface area contributed by atoms with Crippen LogP contribution in [0, 0.1) is 11.8 Å². The van der Waals surface area contributed by atoms with Gasteiger partial charge < -0.3 is 10.5 Å². The summed E-state index contributed by atoms with van der Waals surface area (Å²) in [5.74, 6) is 5.00. The molecule has 1 aliphatic rings. The number of rotatable bonds is 5. The van der Waals surface area contributed by atoms with Crippen LogP contribution < -0.4 is 5.73 Å². The Bertz CT molecular complexity index is 429. The molecule has 0 bridgehead atoms. The molecule has 0 aromatic rings. The lowest BCUT2D eigenvalue weighted by Gasteiger charge is -2.14. The molecule has 5 heteroatoms. The van der Waals surface area contributed by atoms with Crippen LogP contribution in [0.1, 0.15) is 19.8 Å². The number of nitrogens with zero attached hydrogens (tertiary/aromatic N) is 1. The van der Waals surface area contributed by atoms with E-state index in [0.29, 0.717) is 13.0 Å². The average molecular weight is 248 g/mol. The van der Waals surface area contributed by atoms with Crippen LogP contribution in [0.4, 0.5) is 0 Å². The number of nitrogens with two attached hydrogens (primary N) is 1. The first-order valence-corrected chi connectivity index (χ1v) is 5.76. The van der Waals surface area contributed by atoms with Crippen molar-refractivity contribution in [2.45, 2.75) is 25.3 Å². The van der Waals surface area contributed by atoms with E-state index < -0.39 is 5.54 Å². The molecule has 18 heavy (non-hydrogen) atoms. The minimum Gasteiger partial charge on any atom is -0.466 e. The molecule has 0 saturated carbocycles. The van der Waals surface area contributed by atoms with Gasteiger partial charge in [0.05, 0.1) is 19.6 Å². The van der Waals surface area contributed by atoms with Crippen LogP contribution in [-0.2, 0) is 14.3 Å². The highest BCUT2D eigenvalue weighted by Gasteiger charge is 2.33. The Kier molecular flexibility index (Phi) is 5.28. The molecule has 5 nitrogen and oxygen atoms in total. The van der Waals surface area contributed by atoms with Crippen molar-refractivity contribution < 1.29 is 14.3 Å². The van der Waals surface area contributed by atoms with Gasteiger partial charge in [0, 0.05) is 12.6 Å². The lowest BCUT2D eigenvalue weighted by atomic mass is 9.96. The van der Waals surface area contributed by atoms with Crippen LogP contribution >= 0.6 is 0 Å².